The van der Waals surface area contributed by atoms with Crippen molar-refractivity contribution in [3.05, 3.63) is 24.3 Å². The van der Waals surface area contributed by atoms with Crippen LogP contribution in [0.3, 0.4) is 0 Å². The van der Waals surface area contributed by atoms with Crippen molar-refractivity contribution in [1.29, 1.82) is 0 Å². The Morgan fingerprint density at radius 2 is 1.79 bits per heavy atom. The molecule has 0 aromatic rings. The first-order valence-electron chi connectivity index (χ1n) is 12.6. The average molecular weight is 490 g/mol. The van der Waals surface area contributed by atoms with Gasteiger partial charge in [0, 0.05) is 31.4 Å². The summed E-state index contributed by atoms with van der Waals surface area (Å²) in [6.45, 7) is 9.71. The highest BCUT2D eigenvalue weighted by Gasteiger charge is 2.74. The van der Waals surface area contributed by atoms with E-state index in [2.05, 4.69) is 32.9 Å². The number of aliphatic hydroxyl groups is 1. The molecule has 1 spiro atoms. The van der Waals surface area contributed by atoms with E-state index in [1.807, 2.05) is 24.0 Å². The highest BCUT2D eigenvalue weighted by Crippen LogP contribution is 2.65. The molecule has 8 heteroatoms. The molecule has 4 aliphatic heterocycles. The number of nitrogens with zero attached hydrogens (tertiary/aromatic N) is 3. The van der Waals surface area contributed by atoms with Crippen LogP contribution in [0.4, 0.5) is 0 Å². The molecular weight excluding hydrogens is 450 g/mol. The van der Waals surface area contributed by atoms with Crippen LogP contribution < -0.4 is 0 Å². The first-order valence-corrected chi connectivity index (χ1v) is 13.4. The molecule has 3 amide bonds. The predicted octanol–water partition coefficient (Wildman–Crippen LogP) is 2.31. The molecular formula is C26H39N3O4S. The van der Waals surface area contributed by atoms with Gasteiger partial charge in [0.25, 0.3) is 0 Å². The number of unbranched alkanes of at least 4 members (excludes halogenated alkanes) is 1. The van der Waals surface area contributed by atoms with E-state index in [0.717, 1.165) is 12.8 Å². The molecule has 6 atom stereocenters. The molecule has 4 aliphatic rings. The molecule has 188 valence electrons. The summed E-state index contributed by atoms with van der Waals surface area (Å²) in [6, 6.07) is -1.18. The summed E-state index contributed by atoms with van der Waals surface area (Å²) in [6.07, 6.45) is 10.6. The van der Waals surface area contributed by atoms with Gasteiger partial charge in [0.05, 0.1) is 29.2 Å². The Kier molecular flexibility index (Phi) is 6.95. The van der Waals surface area contributed by atoms with E-state index in [9.17, 15) is 19.5 Å². The summed E-state index contributed by atoms with van der Waals surface area (Å²) in [5.41, 5.74) is 0. The van der Waals surface area contributed by atoms with Gasteiger partial charge in [-0.25, -0.2) is 0 Å². The second-order valence-electron chi connectivity index (χ2n) is 10.9. The molecule has 0 aromatic heterocycles. The van der Waals surface area contributed by atoms with Gasteiger partial charge < -0.3 is 19.8 Å². The van der Waals surface area contributed by atoms with Crippen LogP contribution >= 0.6 is 11.8 Å². The number of thioether (sulfide) groups is 1. The highest BCUT2D eigenvalue weighted by molar-refractivity contribution is 8.02. The predicted molar refractivity (Wildman–Crippen MR) is 134 cm³/mol. The van der Waals surface area contributed by atoms with Crippen molar-refractivity contribution in [1.82, 2.24) is 14.7 Å². The minimum Gasteiger partial charge on any atom is -0.394 e. The number of hydrogen-bond acceptors (Lipinski definition) is 5. The van der Waals surface area contributed by atoms with E-state index < -0.39 is 33.4 Å². The van der Waals surface area contributed by atoms with Crippen LogP contribution in [-0.2, 0) is 14.4 Å². The monoisotopic (exact) mass is 489 g/mol. The molecule has 7 nitrogen and oxygen atoms in total. The summed E-state index contributed by atoms with van der Waals surface area (Å²) in [5.74, 6) is -1.22. The molecule has 0 aliphatic carbocycles. The van der Waals surface area contributed by atoms with Gasteiger partial charge in [0.2, 0.25) is 17.7 Å². The lowest BCUT2D eigenvalue weighted by molar-refractivity contribution is -0.147. The number of carbonyl (C=O) groups is 3. The van der Waals surface area contributed by atoms with Crippen LogP contribution in [0.15, 0.2) is 24.3 Å². The first kappa shape index (κ1) is 25.3. The van der Waals surface area contributed by atoms with Crippen molar-refractivity contribution >= 4 is 29.5 Å². The number of fused-ring (bicyclic) bond motifs is 2. The number of amides is 3. The zero-order chi connectivity index (χ0) is 24.8. The van der Waals surface area contributed by atoms with Gasteiger partial charge in [-0.05, 0) is 25.7 Å². The number of likely N-dealkylation sites (N-methyl/N-ethyl adjacent to an activating group) is 1. The number of likely N-dealkylation sites (tertiary alicyclic amines) is 1. The Balaban J connectivity index is 1.87. The molecule has 1 N–H and O–H groups in total. The topological polar surface area (TPSA) is 81.2 Å². The molecule has 0 saturated carbocycles. The highest BCUT2D eigenvalue weighted by atomic mass is 32.2. The average Bonchev–Trinajstić information content (AvgIpc) is 3.07. The normalized spacial score (nSPS) is 36.0. The van der Waals surface area contributed by atoms with Crippen molar-refractivity contribution in [2.45, 2.75) is 68.5 Å². The van der Waals surface area contributed by atoms with Crippen LogP contribution in [0.1, 0.15) is 47.0 Å². The van der Waals surface area contributed by atoms with Gasteiger partial charge in [0.15, 0.2) is 0 Å². The summed E-state index contributed by atoms with van der Waals surface area (Å²) in [4.78, 5) is 47.2. The van der Waals surface area contributed by atoms with Crippen LogP contribution in [0.5, 0.6) is 0 Å². The second-order valence-corrected chi connectivity index (χ2v) is 12.7. The quantitative estimate of drug-likeness (QED) is 0.555. The van der Waals surface area contributed by atoms with E-state index in [-0.39, 0.29) is 30.2 Å². The smallest absolute Gasteiger partial charge is 0.247 e. The largest absolute Gasteiger partial charge is 0.394 e. The van der Waals surface area contributed by atoms with Crippen LogP contribution in [0.25, 0.3) is 0 Å². The van der Waals surface area contributed by atoms with Gasteiger partial charge in [-0.15, -0.1) is 11.8 Å². The Bertz CT molecular complexity index is 904. The van der Waals surface area contributed by atoms with Crippen LogP contribution in [-0.4, -0.2) is 92.4 Å². The second kappa shape index (κ2) is 9.34. The Morgan fingerprint density at radius 1 is 1.09 bits per heavy atom. The van der Waals surface area contributed by atoms with E-state index in [4.69, 9.17) is 0 Å². The van der Waals surface area contributed by atoms with Crippen molar-refractivity contribution in [3.8, 4) is 0 Å². The number of hydrogen-bond donors (Lipinski definition) is 1. The molecule has 2 saturated heterocycles. The zero-order valence-corrected chi connectivity index (χ0v) is 21.9. The molecule has 0 bridgehead atoms. The lowest BCUT2D eigenvalue weighted by atomic mass is 9.74. The third kappa shape index (κ3) is 3.81. The number of aliphatic hydroxyl groups excluding tert-OH is 1. The van der Waals surface area contributed by atoms with Gasteiger partial charge in [-0.1, -0.05) is 51.5 Å². The summed E-state index contributed by atoms with van der Waals surface area (Å²) in [7, 11) is 1.78. The summed E-state index contributed by atoms with van der Waals surface area (Å²) in [5, 5.41) is 10.4. The van der Waals surface area contributed by atoms with Crippen LogP contribution in [0.2, 0.25) is 0 Å². The minimum atomic E-state index is -0.836. The van der Waals surface area contributed by atoms with E-state index in [1.54, 1.807) is 28.6 Å². The molecule has 0 aromatic carbocycles. The lowest BCUT2D eigenvalue weighted by Gasteiger charge is -2.40. The maximum absolute atomic E-state index is 14.3. The van der Waals surface area contributed by atoms with Crippen molar-refractivity contribution in [2.24, 2.45) is 17.8 Å². The molecule has 4 rings (SSSR count). The molecule has 4 heterocycles. The fraction of sp³-hybridized carbons (Fsp3) is 0.731. The van der Waals surface area contributed by atoms with E-state index >= 15 is 0 Å². The molecule has 1 unspecified atom stereocenters. The SMILES string of the molecule is CCCCN1CC=C[C@]23S[C@]4(C)C=CCN(C)C(=O)[C@@H]4[C@H]2C(=O)N([C@@H](CO)CC(C)C)C3C1=O. The maximum atomic E-state index is 14.3. The lowest BCUT2D eigenvalue weighted by Crippen LogP contribution is -2.57. The van der Waals surface area contributed by atoms with Crippen LogP contribution in [0, 0.1) is 17.8 Å². The Labute approximate surface area is 207 Å². The van der Waals surface area contributed by atoms with Gasteiger partial charge in [0.1, 0.15) is 6.04 Å². The van der Waals surface area contributed by atoms with Crippen molar-refractivity contribution < 1.29 is 19.5 Å². The van der Waals surface area contributed by atoms with Crippen molar-refractivity contribution in [3.63, 3.8) is 0 Å². The molecule has 2 fully saturated rings. The fourth-order valence-corrected chi connectivity index (χ4v) is 8.54. The molecule has 0 radical (unpaired) electrons. The zero-order valence-electron chi connectivity index (χ0n) is 21.1. The third-order valence-electron chi connectivity index (χ3n) is 7.91. The summed E-state index contributed by atoms with van der Waals surface area (Å²) < 4.78 is -1.42. The van der Waals surface area contributed by atoms with E-state index in [0.29, 0.717) is 26.1 Å². The first-order chi connectivity index (χ1) is 16.1. The Morgan fingerprint density at radius 3 is 2.44 bits per heavy atom. The number of rotatable bonds is 7. The molecule has 34 heavy (non-hydrogen) atoms. The maximum Gasteiger partial charge on any atom is 0.247 e. The van der Waals surface area contributed by atoms with Gasteiger partial charge in [-0.3, -0.25) is 14.4 Å². The van der Waals surface area contributed by atoms with E-state index in [1.165, 1.54) is 0 Å². The third-order valence-corrected chi connectivity index (χ3v) is 9.71. The van der Waals surface area contributed by atoms with Gasteiger partial charge in [-0.2, -0.15) is 0 Å². The number of carbonyl (C=O) groups excluding carboxylic acids is 3. The standard InChI is InChI=1S/C26H39N3O4S/c1-6-7-13-28-14-9-11-26-20(19-22(31)27(5)12-8-10-25(19,4)34-26)23(32)29(21(26)24(28)33)18(16-30)15-17(2)3/h8-11,17-21,30H,6-7,12-16H2,1-5H3/t18-,19+,20+,21?,25-,26+/m1/s1. The van der Waals surface area contributed by atoms with Gasteiger partial charge >= 0.3 is 0 Å². The summed E-state index contributed by atoms with van der Waals surface area (Å²) >= 11 is 1.60. The minimum absolute atomic E-state index is 0.0480. The van der Waals surface area contributed by atoms with Crippen molar-refractivity contribution in [2.75, 3.05) is 33.3 Å². The fourth-order valence-electron chi connectivity index (χ4n) is 6.39. The Hall–Kier alpha value is -1.80.